The lowest BCUT2D eigenvalue weighted by Gasteiger charge is -2.39. The Bertz CT molecular complexity index is 930. The predicted molar refractivity (Wildman–Crippen MR) is 107 cm³/mol. The average molecular weight is 420 g/mol. The van der Waals surface area contributed by atoms with E-state index < -0.39 is 10.2 Å². The van der Waals surface area contributed by atoms with Gasteiger partial charge >= 0.3 is 0 Å². The van der Waals surface area contributed by atoms with Gasteiger partial charge in [-0.15, -0.1) is 0 Å². The van der Waals surface area contributed by atoms with Crippen molar-refractivity contribution in [2.24, 2.45) is 0 Å². The number of hydrogen-bond acceptors (Lipinski definition) is 6. The molecule has 0 N–H and O–H groups in total. The minimum absolute atomic E-state index is 0.133. The van der Waals surface area contributed by atoms with E-state index in [1.807, 2.05) is 7.05 Å². The number of aromatic nitrogens is 3. The zero-order valence-electron chi connectivity index (χ0n) is 16.4. The van der Waals surface area contributed by atoms with Gasteiger partial charge in [-0.25, -0.2) is 9.97 Å². The van der Waals surface area contributed by atoms with Gasteiger partial charge in [0.2, 0.25) is 0 Å². The molecule has 0 aliphatic carbocycles. The summed E-state index contributed by atoms with van der Waals surface area (Å²) in [6, 6.07) is 3.50. The SMILES string of the molecule is CN1CCN(S(=O)(=O)N2CCN(C(=O)c3ccc(-n4ccnc4)nc3)CC2)CC1. The molecule has 4 heterocycles. The molecule has 29 heavy (non-hydrogen) atoms. The zero-order chi connectivity index (χ0) is 20.4. The molecular weight excluding hydrogens is 394 g/mol. The number of hydrogen-bond donors (Lipinski definition) is 0. The van der Waals surface area contributed by atoms with Gasteiger partial charge in [-0.3, -0.25) is 9.36 Å². The Labute approximate surface area is 170 Å². The van der Waals surface area contributed by atoms with Crippen molar-refractivity contribution in [1.82, 2.24) is 32.9 Å². The van der Waals surface area contributed by atoms with Crippen LogP contribution in [-0.2, 0) is 10.2 Å². The minimum atomic E-state index is -3.47. The highest BCUT2D eigenvalue weighted by Crippen LogP contribution is 2.16. The van der Waals surface area contributed by atoms with Crippen molar-refractivity contribution in [1.29, 1.82) is 0 Å². The number of amides is 1. The molecule has 0 saturated carbocycles. The summed E-state index contributed by atoms with van der Waals surface area (Å²) >= 11 is 0. The summed E-state index contributed by atoms with van der Waals surface area (Å²) in [5.41, 5.74) is 0.490. The summed E-state index contributed by atoms with van der Waals surface area (Å²) in [6.45, 7) is 3.84. The van der Waals surface area contributed by atoms with Gasteiger partial charge in [-0.1, -0.05) is 0 Å². The van der Waals surface area contributed by atoms with Crippen LogP contribution < -0.4 is 0 Å². The minimum Gasteiger partial charge on any atom is -0.336 e. The normalized spacial score (nSPS) is 20.1. The van der Waals surface area contributed by atoms with E-state index in [-0.39, 0.29) is 5.91 Å². The largest absolute Gasteiger partial charge is 0.336 e. The lowest BCUT2D eigenvalue weighted by Crippen LogP contribution is -2.57. The van der Waals surface area contributed by atoms with E-state index in [1.165, 1.54) is 4.31 Å². The van der Waals surface area contributed by atoms with Crippen molar-refractivity contribution in [3.8, 4) is 5.82 Å². The van der Waals surface area contributed by atoms with Crippen LogP contribution in [0.1, 0.15) is 10.4 Å². The van der Waals surface area contributed by atoms with Crippen LogP contribution in [0.25, 0.3) is 5.82 Å². The van der Waals surface area contributed by atoms with Crippen molar-refractivity contribution in [3.63, 3.8) is 0 Å². The van der Waals surface area contributed by atoms with Gasteiger partial charge in [-0.05, 0) is 19.2 Å². The number of imidazole rings is 1. The Morgan fingerprint density at radius 2 is 1.62 bits per heavy atom. The molecular formula is C18H25N7O3S. The second-order valence-electron chi connectivity index (χ2n) is 7.28. The molecule has 4 rings (SSSR count). The molecule has 1 amide bonds. The molecule has 0 radical (unpaired) electrons. The lowest BCUT2D eigenvalue weighted by atomic mass is 10.2. The van der Waals surface area contributed by atoms with Crippen LogP contribution >= 0.6 is 0 Å². The highest BCUT2D eigenvalue weighted by atomic mass is 32.2. The first-order chi connectivity index (χ1) is 13.9. The smallest absolute Gasteiger partial charge is 0.282 e. The third-order valence-electron chi connectivity index (χ3n) is 5.40. The first-order valence-corrected chi connectivity index (χ1v) is 11.0. The fourth-order valence-corrected chi connectivity index (χ4v) is 5.12. The molecule has 0 atom stereocenters. The van der Waals surface area contributed by atoms with Crippen molar-refractivity contribution >= 4 is 16.1 Å². The Morgan fingerprint density at radius 1 is 0.966 bits per heavy atom. The molecule has 0 unspecified atom stereocenters. The molecule has 0 spiro atoms. The number of nitrogens with zero attached hydrogens (tertiary/aromatic N) is 7. The molecule has 2 aromatic rings. The molecule has 2 saturated heterocycles. The number of pyridine rings is 1. The molecule has 2 aliphatic heterocycles. The van der Waals surface area contributed by atoms with E-state index in [4.69, 9.17) is 0 Å². The molecule has 10 nitrogen and oxygen atoms in total. The van der Waals surface area contributed by atoms with Crippen LogP contribution in [0.5, 0.6) is 0 Å². The van der Waals surface area contributed by atoms with E-state index >= 15 is 0 Å². The van der Waals surface area contributed by atoms with Gasteiger partial charge in [0, 0.05) is 70.9 Å². The van der Waals surface area contributed by atoms with Gasteiger partial charge in [-0.2, -0.15) is 17.0 Å². The number of likely N-dealkylation sites (N-methyl/N-ethyl adjacent to an activating group) is 1. The summed E-state index contributed by atoms with van der Waals surface area (Å²) in [5, 5.41) is 0. The van der Waals surface area contributed by atoms with Gasteiger partial charge in [0.05, 0.1) is 5.56 Å². The summed E-state index contributed by atoms with van der Waals surface area (Å²) in [4.78, 5) is 24.9. The number of rotatable bonds is 4. The Hall–Kier alpha value is -2.34. The van der Waals surface area contributed by atoms with E-state index in [0.29, 0.717) is 50.6 Å². The van der Waals surface area contributed by atoms with E-state index in [1.54, 1.807) is 50.8 Å². The van der Waals surface area contributed by atoms with E-state index in [0.717, 1.165) is 13.1 Å². The first-order valence-electron chi connectivity index (χ1n) is 9.62. The van der Waals surface area contributed by atoms with Crippen LogP contribution in [0, 0.1) is 0 Å². The van der Waals surface area contributed by atoms with Crippen LogP contribution in [0.15, 0.2) is 37.1 Å². The quantitative estimate of drug-likeness (QED) is 0.664. The summed E-state index contributed by atoms with van der Waals surface area (Å²) in [5.74, 6) is 0.550. The van der Waals surface area contributed by atoms with Crippen LogP contribution in [0.3, 0.4) is 0 Å². The lowest BCUT2D eigenvalue weighted by molar-refractivity contribution is 0.0692. The second kappa shape index (κ2) is 8.19. The molecule has 2 fully saturated rings. The Balaban J connectivity index is 1.36. The third-order valence-corrected chi connectivity index (χ3v) is 7.44. The Morgan fingerprint density at radius 3 is 2.17 bits per heavy atom. The number of carbonyl (C=O) groups is 1. The van der Waals surface area contributed by atoms with Crippen LogP contribution in [0.4, 0.5) is 0 Å². The van der Waals surface area contributed by atoms with Gasteiger partial charge in [0.25, 0.3) is 16.1 Å². The third kappa shape index (κ3) is 4.17. The highest BCUT2D eigenvalue weighted by Gasteiger charge is 2.34. The molecule has 0 aromatic carbocycles. The monoisotopic (exact) mass is 419 g/mol. The van der Waals surface area contributed by atoms with Gasteiger partial charge in [0.15, 0.2) is 0 Å². The van der Waals surface area contributed by atoms with Crippen molar-refractivity contribution in [2.75, 3.05) is 59.4 Å². The molecule has 0 bridgehead atoms. The zero-order valence-corrected chi connectivity index (χ0v) is 17.2. The fourth-order valence-electron chi connectivity index (χ4n) is 3.55. The van der Waals surface area contributed by atoms with Crippen molar-refractivity contribution < 1.29 is 13.2 Å². The Kier molecular flexibility index (Phi) is 5.63. The van der Waals surface area contributed by atoms with Crippen molar-refractivity contribution in [2.45, 2.75) is 0 Å². The molecule has 2 aliphatic rings. The maximum atomic E-state index is 12.9. The molecule has 2 aromatic heterocycles. The standard InChI is InChI=1S/C18H25N7O3S/c1-21-6-10-24(11-7-21)29(27,28)25-12-8-22(9-13-25)18(26)16-2-3-17(20-14-16)23-5-4-19-15-23/h2-5,14-15H,6-13H2,1H3. The van der Waals surface area contributed by atoms with E-state index in [9.17, 15) is 13.2 Å². The predicted octanol–water partition coefficient (Wildman–Crippen LogP) is -0.483. The van der Waals surface area contributed by atoms with Gasteiger partial charge in [0.1, 0.15) is 12.1 Å². The summed E-state index contributed by atoms with van der Waals surface area (Å²) in [6.07, 6.45) is 6.63. The summed E-state index contributed by atoms with van der Waals surface area (Å²) < 4.78 is 30.5. The highest BCUT2D eigenvalue weighted by molar-refractivity contribution is 7.86. The second-order valence-corrected chi connectivity index (χ2v) is 9.20. The van der Waals surface area contributed by atoms with Crippen molar-refractivity contribution in [3.05, 3.63) is 42.6 Å². The molecule has 11 heteroatoms. The maximum absolute atomic E-state index is 12.9. The summed E-state index contributed by atoms with van der Waals surface area (Å²) in [7, 11) is -1.48. The van der Waals surface area contributed by atoms with Crippen LogP contribution in [-0.4, -0.2) is 107 Å². The van der Waals surface area contributed by atoms with Crippen LogP contribution in [0.2, 0.25) is 0 Å². The average Bonchev–Trinajstić information content (AvgIpc) is 3.29. The maximum Gasteiger partial charge on any atom is 0.282 e. The number of piperazine rings is 2. The first kappa shape index (κ1) is 20.0. The van der Waals surface area contributed by atoms with Gasteiger partial charge < -0.3 is 9.80 Å². The molecule has 156 valence electrons. The topological polar surface area (TPSA) is 94.9 Å². The fraction of sp³-hybridized carbons (Fsp3) is 0.500. The number of carbonyl (C=O) groups excluding carboxylic acids is 1. The van der Waals surface area contributed by atoms with E-state index in [2.05, 4.69) is 14.9 Å².